The van der Waals surface area contributed by atoms with Crippen molar-refractivity contribution in [1.82, 2.24) is 4.98 Å². The van der Waals surface area contributed by atoms with Gasteiger partial charge in [-0.15, -0.1) is 0 Å². The minimum atomic E-state index is -4.00. The smallest absolute Gasteiger partial charge is 0.233 e. The standard InChI is InChI=1S/C26H26N2O5S2/c1-19-8-12-22(13-9-19)34(29,30)17-16-24-28-26(35(31,32)23-14-10-20(2)11-15-23)25(33-24)27-18-21-6-4-3-5-7-21/h3-15,27H,16-18H2,1-2H3. The van der Waals surface area contributed by atoms with E-state index >= 15 is 0 Å². The Balaban J connectivity index is 1.63. The second-order valence-corrected chi connectivity index (χ2v) is 12.3. The van der Waals surface area contributed by atoms with Gasteiger partial charge in [-0.25, -0.2) is 16.8 Å². The predicted octanol–water partition coefficient (Wildman–Crippen LogP) is 4.75. The Morgan fingerprint density at radius 2 is 1.34 bits per heavy atom. The van der Waals surface area contributed by atoms with Crippen LogP contribution in [0.4, 0.5) is 5.88 Å². The molecule has 0 aliphatic rings. The summed E-state index contributed by atoms with van der Waals surface area (Å²) in [5, 5.41) is 2.75. The van der Waals surface area contributed by atoms with Crippen LogP contribution in [-0.4, -0.2) is 27.6 Å². The molecule has 0 saturated heterocycles. The number of rotatable bonds is 9. The summed E-state index contributed by atoms with van der Waals surface area (Å²) in [5.41, 5.74) is 2.80. The second kappa shape index (κ2) is 10.1. The third-order valence-corrected chi connectivity index (χ3v) is 8.90. The highest BCUT2D eigenvalue weighted by molar-refractivity contribution is 7.91. The first-order valence-corrected chi connectivity index (χ1v) is 14.2. The van der Waals surface area contributed by atoms with E-state index in [1.54, 1.807) is 36.4 Å². The number of anilines is 1. The van der Waals surface area contributed by atoms with Gasteiger partial charge in [-0.05, 0) is 43.7 Å². The van der Waals surface area contributed by atoms with Crippen molar-refractivity contribution in [2.75, 3.05) is 11.1 Å². The van der Waals surface area contributed by atoms with Crippen LogP contribution < -0.4 is 5.32 Å². The fraction of sp³-hybridized carbons (Fsp3) is 0.192. The minimum absolute atomic E-state index is 0.0165. The molecule has 0 aliphatic carbocycles. The maximum Gasteiger partial charge on any atom is 0.233 e. The Morgan fingerprint density at radius 3 is 1.94 bits per heavy atom. The molecule has 7 nitrogen and oxygen atoms in total. The second-order valence-electron chi connectivity index (χ2n) is 8.28. The van der Waals surface area contributed by atoms with Crippen LogP contribution in [0.2, 0.25) is 0 Å². The highest BCUT2D eigenvalue weighted by Gasteiger charge is 2.28. The number of aromatic nitrogens is 1. The van der Waals surface area contributed by atoms with Crippen molar-refractivity contribution in [2.45, 2.75) is 41.6 Å². The van der Waals surface area contributed by atoms with Crippen LogP contribution in [-0.2, 0) is 32.6 Å². The summed E-state index contributed by atoms with van der Waals surface area (Å²) in [6.07, 6.45) is -0.0698. The molecule has 1 N–H and O–H groups in total. The van der Waals surface area contributed by atoms with Gasteiger partial charge in [0.05, 0.1) is 15.5 Å². The number of hydrogen-bond acceptors (Lipinski definition) is 7. The highest BCUT2D eigenvalue weighted by Crippen LogP contribution is 2.29. The molecule has 0 fully saturated rings. The predicted molar refractivity (Wildman–Crippen MR) is 134 cm³/mol. The van der Waals surface area contributed by atoms with Crippen molar-refractivity contribution >= 4 is 25.6 Å². The molecule has 0 spiro atoms. The van der Waals surface area contributed by atoms with Crippen LogP contribution in [0.5, 0.6) is 0 Å². The maximum absolute atomic E-state index is 13.4. The molecule has 4 aromatic rings. The largest absolute Gasteiger partial charge is 0.424 e. The van der Waals surface area contributed by atoms with Crippen molar-refractivity contribution < 1.29 is 21.3 Å². The number of oxazole rings is 1. The van der Waals surface area contributed by atoms with E-state index in [1.165, 1.54) is 12.1 Å². The lowest BCUT2D eigenvalue weighted by atomic mass is 10.2. The van der Waals surface area contributed by atoms with Crippen LogP contribution in [0.25, 0.3) is 0 Å². The molecule has 0 amide bonds. The third kappa shape index (κ3) is 5.80. The van der Waals surface area contributed by atoms with Crippen molar-refractivity contribution in [1.29, 1.82) is 0 Å². The Morgan fingerprint density at radius 1 is 0.771 bits per heavy atom. The van der Waals surface area contributed by atoms with Gasteiger partial charge >= 0.3 is 0 Å². The van der Waals surface area contributed by atoms with E-state index in [1.807, 2.05) is 44.2 Å². The molecule has 0 unspecified atom stereocenters. The summed E-state index contributed by atoms with van der Waals surface area (Å²) in [4.78, 5) is 4.50. The first-order chi connectivity index (χ1) is 16.6. The van der Waals surface area contributed by atoms with Gasteiger partial charge in [-0.3, -0.25) is 0 Å². The van der Waals surface area contributed by atoms with E-state index < -0.39 is 19.7 Å². The van der Waals surface area contributed by atoms with Crippen LogP contribution in [0.1, 0.15) is 22.6 Å². The van der Waals surface area contributed by atoms with Crippen molar-refractivity contribution in [3.05, 3.63) is 101 Å². The third-order valence-electron chi connectivity index (χ3n) is 5.49. The summed E-state index contributed by atoms with van der Waals surface area (Å²) in [5.74, 6) is -0.252. The SMILES string of the molecule is Cc1ccc(S(=O)(=O)CCc2nc(S(=O)(=O)c3ccc(C)cc3)c(NCc3ccccc3)o2)cc1. The molecule has 0 saturated carbocycles. The van der Waals surface area contributed by atoms with Gasteiger partial charge in [0.25, 0.3) is 0 Å². The molecule has 35 heavy (non-hydrogen) atoms. The topological polar surface area (TPSA) is 106 Å². The van der Waals surface area contributed by atoms with Gasteiger partial charge in [0.1, 0.15) is 0 Å². The number of nitrogens with zero attached hydrogens (tertiary/aromatic N) is 1. The van der Waals surface area contributed by atoms with Crippen molar-refractivity contribution in [3.8, 4) is 0 Å². The van der Waals surface area contributed by atoms with Crippen LogP contribution in [0.3, 0.4) is 0 Å². The fourth-order valence-corrected chi connectivity index (χ4v) is 5.97. The molecule has 4 rings (SSSR count). The Hall–Kier alpha value is -3.43. The van der Waals surface area contributed by atoms with E-state index in [2.05, 4.69) is 10.3 Å². The van der Waals surface area contributed by atoms with Gasteiger partial charge < -0.3 is 9.73 Å². The monoisotopic (exact) mass is 510 g/mol. The van der Waals surface area contributed by atoms with E-state index in [4.69, 9.17) is 4.42 Å². The fourth-order valence-electron chi connectivity index (χ4n) is 3.44. The van der Waals surface area contributed by atoms with Crippen LogP contribution in [0, 0.1) is 13.8 Å². The molecular formula is C26H26N2O5S2. The Labute approximate surface area is 205 Å². The van der Waals surface area contributed by atoms with Crippen molar-refractivity contribution in [2.24, 2.45) is 0 Å². The molecule has 1 aromatic heterocycles. The first-order valence-electron chi connectivity index (χ1n) is 11.0. The lowest BCUT2D eigenvalue weighted by molar-refractivity contribution is 0.509. The molecule has 1 heterocycles. The van der Waals surface area contributed by atoms with Gasteiger partial charge in [0.15, 0.2) is 15.7 Å². The lowest BCUT2D eigenvalue weighted by Crippen LogP contribution is -2.10. The quantitative estimate of drug-likeness (QED) is 0.346. The summed E-state index contributed by atoms with van der Waals surface area (Å²) in [6.45, 7) is 4.06. The molecule has 9 heteroatoms. The summed E-state index contributed by atoms with van der Waals surface area (Å²) < 4.78 is 58.0. The highest BCUT2D eigenvalue weighted by atomic mass is 32.2. The normalized spacial score (nSPS) is 11.9. The molecule has 0 atom stereocenters. The van der Waals surface area contributed by atoms with E-state index in [9.17, 15) is 16.8 Å². The number of hydrogen-bond donors (Lipinski definition) is 1. The summed E-state index contributed by atoms with van der Waals surface area (Å²) >= 11 is 0. The van der Waals surface area contributed by atoms with Gasteiger partial charge in [-0.1, -0.05) is 65.7 Å². The zero-order chi connectivity index (χ0) is 25.1. The van der Waals surface area contributed by atoms with Gasteiger partial charge in [0.2, 0.25) is 20.7 Å². The Bertz CT molecular complexity index is 1510. The Kier molecular flexibility index (Phi) is 7.09. The molecule has 0 radical (unpaired) electrons. The van der Waals surface area contributed by atoms with Crippen LogP contribution in [0.15, 0.2) is 98.1 Å². The number of sulfone groups is 2. The number of aryl methyl sites for hydroxylation is 3. The lowest BCUT2D eigenvalue weighted by Gasteiger charge is -2.06. The van der Waals surface area contributed by atoms with E-state index in [-0.39, 0.29) is 38.8 Å². The average Bonchev–Trinajstić information content (AvgIpc) is 3.27. The molecular weight excluding hydrogens is 484 g/mol. The minimum Gasteiger partial charge on any atom is -0.424 e. The first kappa shape index (κ1) is 24.7. The zero-order valence-corrected chi connectivity index (χ0v) is 21.1. The van der Waals surface area contributed by atoms with Crippen LogP contribution >= 0.6 is 0 Å². The van der Waals surface area contributed by atoms with E-state index in [0.717, 1.165) is 16.7 Å². The average molecular weight is 511 g/mol. The van der Waals surface area contributed by atoms with Gasteiger partial charge in [-0.2, -0.15) is 4.98 Å². The molecule has 182 valence electrons. The number of benzene rings is 3. The molecule has 0 aliphatic heterocycles. The molecule has 0 bridgehead atoms. The summed E-state index contributed by atoms with van der Waals surface area (Å²) in [7, 11) is -7.59. The molecule has 3 aromatic carbocycles. The van der Waals surface area contributed by atoms with Gasteiger partial charge in [0, 0.05) is 13.0 Å². The van der Waals surface area contributed by atoms with E-state index in [0.29, 0.717) is 6.54 Å². The summed E-state index contributed by atoms with van der Waals surface area (Å²) in [6, 6.07) is 22.5. The maximum atomic E-state index is 13.4. The number of nitrogens with one attached hydrogen (secondary N) is 1. The zero-order valence-electron chi connectivity index (χ0n) is 19.4. The van der Waals surface area contributed by atoms with Crippen molar-refractivity contribution in [3.63, 3.8) is 0 Å².